The molecule has 1 unspecified atom stereocenters. The van der Waals surface area contributed by atoms with Gasteiger partial charge in [0, 0.05) is 11.6 Å². The SMILES string of the molecule is Cc1ccc(C2=CC(N)CCC2)c(F)c1F. The summed E-state index contributed by atoms with van der Waals surface area (Å²) < 4.78 is 27.1. The fraction of sp³-hybridized carbons (Fsp3) is 0.385. The molecule has 0 aliphatic heterocycles. The van der Waals surface area contributed by atoms with Crippen molar-refractivity contribution in [3.05, 3.63) is 41.0 Å². The molecule has 0 radical (unpaired) electrons. The molecule has 2 N–H and O–H groups in total. The maximum Gasteiger partial charge on any atom is 0.166 e. The number of rotatable bonds is 1. The first-order valence-corrected chi connectivity index (χ1v) is 5.51. The van der Waals surface area contributed by atoms with Crippen LogP contribution in [-0.2, 0) is 0 Å². The predicted molar refractivity (Wildman–Crippen MR) is 60.9 cm³/mol. The third kappa shape index (κ3) is 2.00. The maximum atomic E-state index is 13.7. The van der Waals surface area contributed by atoms with Gasteiger partial charge in [-0.2, -0.15) is 0 Å². The van der Waals surface area contributed by atoms with Crippen molar-refractivity contribution in [1.82, 2.24) is 0 Å². The molecule has 0 bridgehead atoms. The van der Waals surface area contributed by atoms with Crippen LogP contribution < -0.4 is 5.73 Å². The average Bonchev–Trinajstić information content (AvgIpc) is 2.26. The van der Waals surface area contributed by atoms with Crippen molar-refractivity contribution < 1.29 is 8.78 Å². The Kier molecular flexibility index (Phi) is 3.06. The van der Waals surface area contributed by atoms with Crippen LogP contribution in [0, 0.1) is 18.6 Å². The van der Waals surface area contributed by atoms with Crippen LogP contribution in [0.15, 0.2) is 18.2 Å². The lowest BCUT2D eigenvalue weighted by Gasteiger charge is -2.18. The minimum Gasteiger partial charge on any atom is -0.324 e. The zero-order valence-electron chi connectivity index (χ0n) is 9.26. The Morgan fingerprint density at radius 3 is 2.69 bits per heavy atom. The van der Waals surface area contributed by atoms with Crippen LogP contribution in [0.5, 0.6) is 0 Å². The first-order chi connectivity index (χ1) is 7.59. The van der Waals surface area contributed by atoms with E-state index in [2.05, 4.69) is 0 Å². The minimum atomic E-state index is -0.752. The zero-order valence-corrected chi connectivity index (χ0v) is 9.26. The van der Waals surface area contributed by atoms with E-state index < -0.39 is 11.6 Å². The van der Waals surface area contributed by atoms with Crippen molar-refractivity contribution in [3.8, 4) is 0 Å². The van der Waals surface area contributed by atoms with E-state index >= 15 is 0 Å². The number of hydrogen-bond donors (Lipinski definition) is 1. The van der Waals surface area contributed by atoms with Crippen LogP contribution in [0.4, 0.5) is 8.78 Å². The zero-order chi connectivity index (χ0) is 11.7. The lowest BCUT2D eigenvalue weighted by Crippen LogP contribution is -2.20. The van der Waals surface area contributed by atoms with Crippen molar-refractivity contribution in [2.45, 2.75) is 32.2 Å². The number of nitrogens with two attached hydrogens (primary N) is 1. The van der Waals surface area contributed by atoms with Gasteiger partial charge in [-0.1, -0.05) is 18.2 Å². The number of hydrogen-bond acceptors (Lipinski definition) is 1. The Morgan fingerprint density at radius 2 is 2.00 bits per heavy atom. The lowest BCUT2D eigenvalue weighted by atomic mass is 9.90. The molecule has 1 aromatic rings. The fourth-order valence-electron chi connectivity index (χ4n) is 2.07. The normalized spacial score (nSPS) is 20.8. The summed E-state index contributed by atoms with van der Waals surface area (Å²) in [6.07, 6.45) is 4.46. The summed E-state index contributed by atoms with van der Waals surface area (Å²) in [4.78, 5) is 0. The average molecular weight is 223 g/mol. The van der Waals surface area contributed by atoms with Crippen LogP contribution in [0.1, 0.15) is 30.4 Å². The van der Waals surface area contributed by atoms with Gasteiger partial charge in [0.1, 0.15) is 0 Å². The second-order valence-electron chi connectivity index (χ2n) is 4.31. The number of halogens is 2. The van der Waals surface area contributed by atoms with E-state index in [0.717, 1.165) is 24.8 Å². The third-order valence-corrected chi connectivity index (χ3v) is 3.02. The summed E-state index contributed by atoms with van der Waals surface area (Å²) in [5.41, 5.74) is 7.31. The van der Waals surface area contributed by atoms with Crippen molar-refractivity contribution in [2.24, 2.45) is 5.73 Å². The molecule has 0 heterocycles. The molecule has 0 fully saturated rings. The van der Waals surface area contributed by atoms with E-state index in [1.807, 2.05) is 6.08 Å². The van der Waals surface area contributed by atoms with Gasteiger partial charge in [0.25, 0.3) is 0 Å². The molecule has 1 aliphatic rings. The fourth-order valence-corrected chi connectivity index (χ4v) is 2.07. The third-order valence-electron chi connectivity index (χ3n) is 3.02. The van der Waals surface area contributed by atoms with Crippen LogP contribution in [-0.4, -0.2) is 6.04 Å². The Balaban J connectivity index is 2.45. The highest BCUT2D eigenvalue weighted by molar-refractivity contribution is 5.67. The molecule has 0 aromatic heterocycles. The second kappa shape index (κ2) is 4.34. The van der Waals surface area contributed by atoms with E-state index in [-0.39, 0.29) is 6.04 Å². The van der Waals surface area contributed by atoms with Gasteiger partial charge in [0.15, 0.2) is 11.6 Å². The van der Waals surface area contributed by atoms with Gasteiger partial charge >= 0.3 is 0 Å². The molecule has 1 aromatic carbocycles. The Bertz CT molecular complexity index is 438. The molecule has 1 aliphatic carbocycles. The highest BCUT2D eigenvalue weighted by Crippen LogP contribution is 2.29. The highest BCUT2D eigenvalue weighted by Gasteiger charge is 2.17. The molecule has 0 spiro atoms. The van der Waals surface area contributed by atoms with E-state index in [0.29, 0.717) is 11.1 Å². The Labute approximate surface area is 94.0 Å². The largest absolute Gasteiger partial charge is 0.324 e. The van der Waals surface area contributed by atoms with E-state index in [1.54, 1.807) is 19.1 Å². The number of aryl methyl sites for hydroxylation is 1. The molecule has 3 heteroatoms. The van der Waals surface area contributed by atoms with Gasteiger partial charge in [-0.15, -0.1) is 0 Å². The van der Waals surface area contributed by atoms with E-state index in [4.69, 9.17) is 5.73 Å². The summed E-state index contributed by atoms with van der Waals surface area (Å²) in [5.74, 6) is -1.50. The molecule has 2 rings (SSSR count). The van der Waals surface area contributed by atoms with Crippen LogP contribution in [0.25, 0.3) is 5.57 Å². The molecule has 0 saturated heterocycles. The molecular formula is C13H15F2N. The van der Waals surface area contributed by atoms with Crippen LogP contribution >= 0.6 is 0 Å². The number of benzene rings is 1. The summed E-state index contributed by atoms with van der Waals surface area (Å²) in [6.45, 7) is 1.56. The summed E-state index contributed by atoms with van der Waals surface area (Å²) in [5, 5.41) is 0. The van der Waals surface area contributed by atoms with E-state index in [9.17, 15) is 8.78 Å². The summed E-state index contributed by atoms with van der Waals surface area (Å²) >= 11 is 0. The van der Waals surface area contributed by atoms with Crippen molar-refractivity contribution >= 4 is 5.57 Å². The quantitative estimate of drug-likeness (QED) is 0.777. The number of allylic oxidation sites excluding steroid dienone is 1. The van der Waals surface area contributed by atoms with Gasteiger partial charge in [0.2, 0.25) is 0 Å². The predicted octanol–water partition coefficient (Wildman–Crippen LogP) is 3.17. The van der Waals surface area contributed by atoms with Gasteiger partial charge in [-0.3, -0.25) is 0 Å². The van der Waals surface area contributed by atoms with Gasteiger partial charge in [-0.05, 0) is 37.3 Å². The van der Waals surface area contributed by atoms with Crippen LogP contribution in [0.2, 0.25) is 0 Å². The van der Waals surface area contributed by atoms with Crippen molar-refractivity contribution in [1.29, 1.82) is 0 Å². The molecule has 1 atom stereocenters. The monoisotopic (exact) mass is 223 g/mol. The van der Waals surface area contributed by atoms with Gasteiger partial charge < -0.3 is 5.73 Å². The topological polar surface area (TPSA) is 26.0 Å². The Hall–Kier alpha value is -1.22. The first-order valence-electron chi connectivity index (χ1n) is 5.51. The van der Waals surface area contributed by atoms with Crippen molar-refractivity contribution in [3.63, 3.8) is 0 Å². The van der Waals surface area contributed by atoms with Gasteiger partial charge in [-0.25, -0.2) is 8.78 Å². The first kappa shape index (κ1) is 11.3. The molecule has 1 nitrogen and oxygen atoms in total. The van der Waals surface area contributed by atoms with Crippen LogP contribution in [0.3, 0.4) is 0 Å². The summed E-state index contributed by atoms with van der Waals surface area (Å²) in [6, 6.07) is 3.21. The summed E-state index contributed by atoms with van der Waals surface area (Å²) in [7, 11) is 0. The second-order valence-corrected chi connectivity index (χ2v) is 4.31. The molecule has 86 valence electrons. The molecule has 16 heavy (non-hydrogen) atoms. The standard InChI is InChI=1S/C13H15F2N/c1-8-5-6-11(13(15)12(8)14)9-3-2-4-10(16)7-9/h5-7,10H,2-4,16H2,1H3. The maximum absolute atomic E-state index is 13.7. The molecule has 0 saturated carbocycles. The van der Waals surface area contributed by atoms with Gasteiger partial charge in [0.05, 0.1) is 0 Å². The van der Waals surface area contributed by atoms with Crippen molar-refractivity contribution in [2.75, 3.05) is 0 Å². The van der Waals surface area contributed by atoms with E-state index in [1.165, 1.54) is 0 Å². The highest BCUT2D eigenvalue weighted by atomic mass is 19.2. The molecule has 0 amide bonds. The smallest absolute Gasteiger partial charge is 0.166 e. The lowest BCUT2D eigenvalue weighted by molar-refractivity contribution is 0.499. The molecular weight excluding hydrogens is 208 g/mol. The minimum absolute atomic E-state index is 0.0347. The Morgan fingerprint density at radius 1 is 1.25 bits per heavy atom.